The van der Waals surface area contributed by atoms with Gasteiger partial charge in [-0.3, -0.25) is 0 Å². The molecule has 2 aromatic carbocycles. The Morgan fingerprint density at radius 1 is 1.19 bits per heavy atom. The van der Waals surface area contributed by atoms with Crippen molar-refractivity contribution in [1.82, 2.24) is 4.57 Å². The Labute approximate surface area is 186 Å². The summed E-state index contributed by atoms with van der Waals surface area (Å²) in [7, 11) is -1.98. The number of methoxy groups -OCH3 is 1. The summed E-state index contributed by atoms with van der Waals surface area (Å²) >= 11 is 3.36. The number of nitrogens with one attached hydrogen (secondary N) is 1. The fraction of sp³-hybridized carbons (Fsp3) is 0.238. The van der Waals surface area contributed by atoms with Gasteiger partial charge in [-0.25, -0.2) is 8.42 Å². The van der Waals surface area contributed by atoms with Gasteiger partial charge in [0.25, 0.3) is 0 Å². The first-order valence-electron chi connectivity index (χ1n) is 8.95. The lowest BCUT2D eigenvalue weighted by atomic mass is 10.2. The fourth-order valence-electron chi connectivity index (χ4n) is 3.02. The van der Waals surface area contributed by atoms with Gasteiger partial charge in [0.05, 0.1) is 35.4 Å². The van der Waals surface area contributed by atoms with Gasteiger partial charge in [-0.1, -0.05) is 27.9 Å². The van der Waals surface area contributed by atoms with Crippen molar-refractivity contribution >= 4 is 42.4 Å². The van der Waals surface area contributed by atoms with Crippen molar-refractivity contribution in [2.24, 2.45) is 0 Å². The van der Waals surface area contributed by atoms with Gasteiger partial charge in [-0.2, -0.15) is 13.2 Å². The van der Waals surface area contributed by atoms with Gasteiger partial charge >= 0.3 is 6.18 Å². The van der Waals surface area contributed by atoms with Crippen LogP contribution in [0, 0.1) is 11.8 Å². The number of halogens is 4. The van der Waals surface area contributed by atoms with Gasteiger partial charge in [0.15, 0.2) is 9.84 Å². The molecule has 0 spiro atoms. The van der Waals surface area contributed by atoms with Crippen LogP contribution in [0.4, 0.5) is 18.9 Å². The molecule has 0 amide bonds. The number of nitrogens with zero attached hydrogens (tertiary/aromatic N) is 1. The molecular weight excluding hydrogens is 497 g/mol. The third kappa shape index (κ3) is 5.54. The van der Waals surface area contributed by atoms with Crippen LogP contribution in [0.3, 0.4) is 0 Å². The summed E-state index contributed by atoms with van der Waals surface area (Å²) in [6.07, 6.45) is -3.30. The summed E-state index contributed by atoms with van der Waals surface area (Å²) < 4.78 is 69.6. The van der Waals surface area contributed by atoms with E-state index < -0.39 is 22.6 Å². The SMILES string of the molecule is COc1cc(S(C)(=O)=O)ccc1NCC#Cc1cc2c(Br)cccc2n1CC(F)(F)F. The zero-order valence-electron chi connectivity index (χ0n) is 16.5. The number of rotatable bonds is 5. The monoisotopic (exact) mass is 514 g/mol. The Morgan fingerprint density at radius 3 is 2.58 bits per heavy atom. The normalized spacial score (nSPS) is 11.8. The van der Waals surface area contributed by atoms with Crippen molar-refractivity contribution in [3.8, 4) is 17.6 Å². The van der Waals surface area contributed by atoms with Crippen LogP contribution in [-0.4, -0.2) is 39.1 Å². The topological polar surface area (TPSA) is 60.3 Å². The highest BCUT2D eigenvalue weighted by Crippen LogP contribution is 2.30. The minimum Gasteiger partial charge on any atom is -0.495 e. The molecule has 0 radical (unpaired) electrons. The van der Waals surface area contributed by atoms with Gasteiger partial charge in [0.1, 0.15) is 12.3 Å². The molecule has 0 unspecified atom stereocenters. The molecule has 0 bridgehead atoms. The number of alkyl halides is 3. The molecule has 0 fully saturated rings. The summed E-state index contributed by atoms with van der Waals surface area (Å²) in [4.78, 5) is 0.114. The van der Waals surface area contributed by atoms with Gasteiger partial charge in [0, 0.05) is 22.2 Å². The third-order valence-electron chi connectivity index (χ3n) is 4.41. The predicted molar refractivity (Wildman–Crippen MR) is 117 cm³/mol. The molecule has 3 aromatic rings. The summed E-state index contributed by atoms with van der Waals surface area (Å²) in [6.45, 7) is -1.03. The molecule has 3 rings (SSSR count). The van der Waals surface area contributed by atoms with Crippen LogP contribution in [0.5, 0.6) is 5.75 Å². The van der Waals surface area contributed by atoms with Crippen molar-refractivity contribution in [1.29, 1.82) is 0 Å². The quantitative estimate of drug-likeness (QED) is 0.495. The number of hydrogen-bond acceptors (Lipinski definition) is 4. The number of fused-ring (bicyclic) bond motifs is 1. The minimum absolute atomic E-state index is 0.114. The summed E-state index contributed by atoms with van der Waals surface area (Å²) in [5, 5.41) is 3.63. The number of benzene rings is 2. The Morgan fingerprint density at radius 2 is 1.94 bits per heavy atom. The minimum atomic E-state index is -4.39. The second kappa shape index (κ2) is 8.85. The van der Waals surface area contributed by atoms with Crippen LogP contribution in [0.2, 0.25) is 0 Å². The number of ether oxygens (including phenoxy) is 1. The van der Waals surface area contributed by atoms with Crippen LogP contribution in [0.25, 0.3) is 10.9 Å². The van der Waals surface area contributed by atoms with E-state index in [1.54, 1.807) is 30.3 Å². The zero-order chi connectivity index (χ0) is 22.8. The highest BCUT2D eigenvalue weighted by molar-refractivity contribution is 9.10. The highest BCUT2D eigenvalue weighted by atomic mass is 79.9. The highest BCUT2D eigenvalue weighted by Gasteiger charge is 2.29. The first-order chi connectivity index (χ1) is 14.5. The lowest BCUT2D eigenvalue weighted by Gasteiger charge is -2.11. The molecule has 10 heteroatoms. The van der Waals surface area contributed by atoms with Crippen molar-refractivity contribution < 1.29 is 26.3 Å². The van der Waals surface area contributed by atoms with Gasteiger partial charge in [-0.15, -0.1) is 0 Å². The maximum absolute atomic E-state index is 13.1. The lowest BCUT2D eigenvalue weighted by Crippen LogP contribution is -2.18. The summed E-state index contributed by atoms with van der Waals surface area (Å²) in [6, 6.07) is 11.0. The smallest absolute Gasteiger partial charge is 0.406 e. The molecular formula is C21H18BrF3N2O3S. The summed E-state index contributed by atoms with van der Waals surface area (Å²) in [5.74, 6) is 5.92. The average molecular weight is 515 g/mol. The molecule has 0 aliphatic rings. The van der Waals surface area contributed by atoms with Crippen LogP contribution in [0.15, 0.2) is 51.8 Å². The van der Waals surface area contributed by atoms with E-state index in [1.807, 2.05) is 0 Å². The van der Waals surface area contributed by atoms with Crippen molar-refractivity contribution in [3.05, 3.63) is 52.6 Å². The zero-order valence-corrected chi connectivity index (χ0v) is 19.0. The molecule has 1 N–H and O–H groups in total. The Kier molecular flexibility index (Phi) is 6.57. The van der Waals surface area contributed by atoms with Crippen molar-refractivity contribution in [3.63, 3.8) is 0 Å². The van der Waals surface area contributed by atoms with Gasteiger partial charge in [-0.05, 0) is 36.3 Å². The second-order valence-electron chi connectivity index (χ2n) is 6.69. The van der Waals surface area contributed by atoms with Crippen molar-refractivity contribution in [2.45, 2.75) is 17.6 Å². The largest absolute Gasteiger partial charge is 0.495 e. The van der Waals surface area contributed by atoms with Crippen LogP contribution in [0.1, 0.15) is 5.69 Å². The Balaban J connectivity index is 1.86. The van der Waals surface area contributed by atoms with Crippen LogP contribution < -0.4 is 10.1 Å². The number of aromatic nitrogens is 1. The predicted octanol–water partition coefficient (Wildman–Crippen LogP) is 4.84. The Hall–Kier alpha value is -2.64. The third-order valence-corrected chi connectivity index (χ3v) is 6.22. The van der Waals surface area contributed by atoms with E-state index in [-0.39, 0.29) is 17.1 Å². The second-order valence-corrected chi connectivity index (χ2v) is 9.56. The Bertz CT molecular complexity index is 1290. The van der Waals surface area contributed by atoms with Crippen LogP contribution in [-0.2, 0) is 16.4 Å². The van der Waals surface area contributed by atoms with E-state index in [0.717, 1.165) is 10.8 Å². The molecule has 0 aliphatic heterocycles. The van der Waals surface area contributed by atoms with E-state index in [9.17, 15) is 21.6 Å². The van der Waals surface area contributed by atoms with E-state index >= 15 is 0 Å². The van der Waals surface area contributed by atoms with E-state index in [2.05, 4.69) is 33.1 Å². The molecule has 1 heterocycles. The standard InChI is InChI=1S/C21H18BrF3N2O3S/c1-30-20-12-15(31(2,28)29)8-9-18(20)26-10-4-5-14-11-16-17(22)6-3-7-19(16)27(14)13-21(23,24)25/h3,6-9,11-12,26H,10,13H2,1-2H3. The van der Waals surface area contributed by atoms with E-state index in [0.29, 0.717) is 26.8 Å². The molecule has 5 nitrogen and oxygen atoms in total. The first kappa shape index (κ1) is 23.0. The molecule has 0 saturated heterocycles. The van der Waals surface area contributed by atoms with Crippen molar-refractivity contribution in [2.75, 3.05) is 25.2 Å². The van der Waals surface area contributed by atoms with E-state index in [4.69, 9.17) is 4.74 Å². The number of sulfone groups is 1. The van der Waals surface area contributed by atoms with Crippen LogP contribution >= 0.6 is 15.9 Å². The molecule has 0 aliphatic carbocycles. The molecule has 164 valence electrons. The molecule has 0 atom stereocenters. The first-order valence-corrected chi connectivity index (χ1v) is 11.6. The van der Waals surface area contributed by atoms with Gasteiger partial charge in [0.2, 0.25) is 0 Å². The maximum Gasteiger partial charge on any atom is 0.406 e. The molecule has 0 saturated carbocycles. The lowest BCUT2D eigenvalue weighted by molar-refractivity contribution is -0.140. The molecule has 31 heavy (non-hydrogen) atoms. The number of hydrogen-bond donors (Lipinski definition) is 1. The number of anilines is 1. The van der Waals surface area contributed by atoms with E-state index in [1.165, 1.54) is 19.2 Å². The fourth-order valence-corrected chi connectivity index (χ4v) is 4.13. The van der Waals surface area contributed by atoms with Gasteiger partial charge < -0.3 is 14.6 Å². The maximum atomic E-state index is 13.1. The molecule has 1 aromatic heterocycles. The average Bonchev–Trinajstić information content (AvgIpc) is 3.02. The summed E-state index contributed by atoms with van der Waals surface area (Å²) in [5.41, 5.74) is 1.19.